The van der Waals surface area contributed by atoms with Crippen molar-refractivity contribution in [3.05, 3.63) is 51.4 Å². The summed E-state index contributed by atoms with van der Waals surface area (Å²) in [4.78, 5) is 24.9. The highest BCUT2D eigenvalue weighted by atomic mass is 35.5. The van der Waals surface area contributed by atoms with Gasteiger partial charge in [0.05, 0.1) is 18.9 Å². The fourth-order valence-electron chi connectivity index (χ4n) is 4.01. The molecule has 7 heteroatoms. The third-order valence-corrected chi connectivity index (χ3v) is 6.15. The third kappa shape index (κ3) is 4.40. The molecule has 6 nitrogen and oxygen atoms in total. The molecule has 1 N–H and O–H groups in total. The maximum atomic E-state index is 12.9. The van der Waals surface area contributed by atoms with E-state index < -0.39 is 12.0 Å². The van der Waals surface area contributed by atoms with Crippen LogP contribution in [0.25, 0.3) is 11.1 Å². The Morgan fingerprint density at radius 1 is 1.33 bits per heavy atom. The second-order valence-electron chi connectivity index (χ2n) is 8.29. The van der Waals surface area contributed by atoms with Crippen molar-refractivity contribution in [2.24, 2.45) is 5.92 Å². The van der Waals surface area contributed by atoms with Crippen LogP contribution in [0.4, 0.5) is 0 Å². The van der Waals surface area contributed by atoms with Crippen LogP contribution in [0.1, 0.15) is 44.2 Å². The summed E-state index contributed by atoms with van der Waals surface area (Å²) in [6, 6.07) is 6.12. The molecule has 1 unspecified atom stereocenters. The van der Waals surface area contributed by atoms with Crippen molar-refractivity contribution in [1.29, 1.82) is 0 Å². The van der Waals surface area contributed by atoms with Crippen LogP contribution in [0.2, 0.25) is 5.02 Å². The first-order valence-electron chi connectivity index (χ1n) is 10.4. The van der Waals surface area contributed by atoms with Crippen LogP contribution < -0.4 is 10.3 Å². The molecule has 0 radical (unpaired) electrons. The summed E-state index contributed by atoms with van der Waals surface area (Å²) < 4.78 is 13.0. The number of carbonyl (C=O) groups is 1. The molecule has 2 atom stereocenters. The zero-order valence-electron chi connectivity index (χ0n) is 17.0. The van der Waals surface area contributed by atoms with Gasteiger partial charge in [-0.3, -0.25) is 9.36 Å². The van der Waals surface area contributed by atoms with Crippen LogP contribution in [-0.4, -0.2) is 35.0 Å². The largest absolute Gasteiger partial charge is 0.491 e. The summed E-state index contributed by atoms with van der Waals surface area (Å²) in [6.07, 6.45) is 5.98. The first-order chi connectivity index (χ1) is 14.4. The highest BCUT2D eigenvalue weighted by Gasteiger charge is 2.26. The molecular formula is C23H26ClNO5. The number of hydrogen-bond donors (Lipinski definition) is 1. The van der Waals surface area contributed by atoms with Crippen LogP contribution in [0.5, 0.6) is 5.75 Å². The second-order valence-corrected chi connectivity index (χ2v) is 8.72. The lowest BCUT2D eigenvalue weighted by molar-refractivity contribution is -0.142. The average molecular weight is 432 g/mol. The quantitative estimate of drug-likeness (QED) is 0.736. The van der Waals surface area contributed by atoms with E-state index in [0.717, 1.165) is 36.8 Å². The number of fused-ring (bicyclic) bond motifs is 3. The molecule has 160 valence electrons. The number of carboxylic acid groups (broad SMARTS) is 1. The normalized spacial score (nSPS) is 19.5. The Balaban J connectivity index is 1.69. The van der Waals surface area contributed by atoms with Crippen molar-refractivity contribution in [2.45, 2.75) is 51.2 Å². The molecular weight excluding hydrogens is 406 g/mol. The maximum Gasteiger partial charge on any atom is 0.326 e. The smallest absolute Gasteiger partial charge is 0.326 e. The minimum atomic E-state index is -1.06. The number of nitrogens with zero attached hydrogens (tertiary/aromatic N) is 1. The molecule has 0 amide bonds. The molecule has 0 saturated heterocycles. The predicted octanol–water partition coefficient (Wildman–Crippen LogP) is 4.32. The van der Waals surface area contributed by atoms with Crippen molar-refractivity contribution in [3.8, 4) is 16.9 Å². The van der Waals surface area contributed by atoms with Gasteiger partial charge in [0.25, 0.3) is 5.56 Å². The zero-order chi connectivity index (χ0) is 21.3. The molecule has 0 spiro atoms. The van der Waals surface area contributed by atoms with Gasteiger partial charge in [-0.1, -0.05) is 24.6 Å². The summed E-state index contributed by atoms with van der Waals surface area (Å²) in [5.74, 6) is -0.294. The first-order valence-corrected chi connectivity index (χ1v) is 10.8. The first kappa shape index (κ1) is 20.9. The molecule has 1 fully saturated rings. The van der Waals surface area contributed by atoms with Gasteiger partial charge in [0.15, 0.2) is 0 Å². The Labute approximate surface area is 180 Å². The number of aromatic nitrogens is 1. The van der Waals surface area contributed by atoms with E-state index in [1.807, 2.05) is 18.2 Å². The van der Waals surface area contributed by atoms with E-state index in [-0.39, 0.29) is 24.0 Å². The van der Waals surface area contributed by atoms with Gasteiger partial charge in [0.2, 0.25) is 0 Å². The van der Waals surface area contributed by atoms with Crippen LogP contribution in [0.3, 0.4) is 0 Å². The summed E-state index contributed by atoms with van der Waals surface area (Å²) in [7, 11) is 0. The Bertz CT molecular complexity index is 998. The third-order valence-electron chi connectivity index (χ3n) is 5.92. The number of rotatable bonds is 6. The van der Waals surface area contributed by atoms with Gasteiger partial charge >= 0.3 is 5.97 Å². The van der Waals surface area contributed by atoms with Crippen molar-refractivity contribution >= 4 is 17.6 Å². The fraction of sp³-hybridized carbons (Fsp3) is 0.478. The van der Waals surface area contributed by atoms with E-state index in [0.29, 0.717) is 29.5 Å². The molecule has 1 saturated carbocycles. The maximum absolute atomic E-state index is 12.9. The van der Waals surface area contributed by atoms with Gasteiger partial charge in [-0.2, -0.15) is 0 Å². The molecule has 0 bridgehead atoms. The minimum Gasteiger partial charge on any atom is -0.491 e. The van der Waals surface area contributed by atoms with Crippen LogP contribution in [0.15, 0.2) is 35.3 Å². The molecule has 1 aromatic heterocycles. The van der Waals surface area contributed by atoms with E-state index in [4.69, 9.17) is 21.1 Å². The number of halogens is 1. The van der Waals surface area contributed by atoms with Crippen LogP contribution in [0, 0.1) is 5.92 Å². The van der Waals surface area contributed by atoms with Crippen molar-refractivity contribution in [3.63, 3.8) is 0 Å². The molecule has 1 aliphatic heterocycles. The van der Waals surface area contributed by atoms with E-state index in [1.54, 1.807) is 0 Å². The summed E-state index contributed by atoms with van der Waals surface area (Å²) >= 11 is 6.22. The Hall–Kier alpha value is -2.31. The van der Waals surface area contributed by atoms with E-state index in [2.05, 4.69) is 6.92 Å². The summed E-state index contributed by atoms with van der Waals surface area (Å²) in [6.45, 7) is 2.88. The molecule has 30 heavy (non-hydrogen) atoms. The van der Waals surface area contributed by atoms with Gasteiger partial charge in [-0.15, -0.1) is 0 Å². The Morgan fingerprint density at radius 2 is 2.13 bits per heavy atom. The second kappa shape index (κ2) is 8.82. The summed E-state index contributed by atoms with van der Waals surface area (Å²) in [5, 5.41) is 10.3. The number of hydrogen-bond acceptors (Lipinski definition) is 4. The van der Waals surface area contributed by atoms with Gasteiger partial charge in [-0.25, -0.2) is 4.79 Å². The lowest BCUT2D eigenvalue weighted by atomic mass is 9.92. The number of benzene rings is 1. The number of carboxylic acids is 1. The monoisotopic (exact) mass is 431 g/mol. The number of pyridine rings is 1. The van der Waals surface area contributed by atoms with Gasteiger partial charge in [0, 0.05) is 29.7 Å². The van der Waals surface area contributed by atoms with Crippen LogP contribution >= 0.6 is 11.6 Å². The SMILES string of the molecule is C[C@H]1COc2cn(C(CCOC3CCC3)C(=O)O)c(=O)cc2-c2cc(Cl)ccc2C1. The van der Waals surface area contributed by atoms with Gasteiger partial charge in [0.1, 0.15) is 11.8 Å². The summed E-state index contributed by atoms with van der Waals surface area (Å²) in [5.41, 5.74) is 2.22. The Kier molecular flexibility index (Phi) is 6.16. The topological polar surface area (TPSA) is 77.8 Å². The highest BCUT2D eigenvalue weighted by Crippen LogP contribution is 2.37. The lowest BCUT2D eigenvalue weighted by Crippen LogP contribution is -2.32. The van der Waals surface area contributed by atoms with E-state index in [1.165, 1.54) is 16.8 Å². The molecule has 4 rings (SSSR count). The van der Waals surface area contributed by atoms with Crippen LogP contribution in [-0.2, 0) is 16.0 Å². The molecule has 2 aromatic rings. The zero-order valence-corrected chi connectivity index (χ0v) is 17.7. The number of aliphatic carboxylic acids is 1. The Morgan fingerprint density at radius 3 is 2.83 bits per heavy atom. The fourth-order valence-corrected chi connectivity index (χ4v) is 4.18. The average Bonchev–Trinajstić information content (AvgIpc) is 2.66. The van der Waals surface area contributed by atoms with E-state index >= 15 is 0 Å². The molecule has 1 aliphatic carbocycles. The molecule has 2 heterocycles. The van der Waals surface area contributed by atoms with Crippen molar-refractivity contribution in [1.82, 2.24) is 4.57 Å². The van der Waals surface area contributed by atoms with Gasteiger partial charge < -0.3 is 14.6 Å². The highest BCUT2D eigenvalue weighted by molar-refractivity contribution is 6.30. The van der Waals surface area contributed by atoms with Crippen molar-refractivity contribution < 1.29 is 19.4 Å². The van der Waals surface area contributed by atoms with Crippen molar-refractivity contribution in [2.75, 3.05) is 13.2 Å². The van der Waals surface area contributed by atoms with Gasteiger partial charge in [-0.05, 0) is 54.9 Å². The lowest BCUT2D eigenvalue weighted by Gasteiger charge is -2.27. The predicted molar refractivity (Wildman–Crippen MR) is 114 cm³/mol. The van der Waals surface area contributed by atoms with E-state index in [9.17, 15) is 14.7 Å². The minimum absolute atomic E-state index is 0.220. The molecule has 1 aromatic carbocycles. The standard InChI is InChI=1S/C23H26ClNO5/c1-14-9-15-5-6-16(24)10-18(15)19-11-22(26)25(12-21(19)30-13-14)20(23(27)28)7-8-29-17-3-2-4-17/h5-6,10-12,14,17,20H,2-4,7-9,13H2,1H3,(H,27,28)/t14-,20?/m1/s1. The molecule has 2 aliphatic rings. The number of ether oxygens (including phenoxy) is 2.